The molecule has 1 saturated heterocycles. The molecule has 0 aromatic rings. The first-order chi connectivity index (χ1) is 7.85. The van der Waals surface area contributed by atoms with Crippen LogP contribution in [0.4, 0.5) is 4.79 Å². The van der Waals surface area contributed by atoms with Crippen LogP contribution in [-0.2, 0) is 4.74 Å². The van der Waals surface area contributed by atoms with Crippen LogP contribution in [0.5, 0.6) is 0 Å². The lowest BCUT2D eigenvalue weighted by atomic mass is 10.1. The van der Waals surface area contributed by atoms with Gasteiger partial charge in [0.2, 0.25) is 0 Å². The molecule has 0 aromatic heterocycles. The van der Waals surface area contributed by atoms with Crippen molar-refractivity contribution in [3.05, 3.63) is 0 Å². The van der Waals surface area contributed by atoms with E-state index >= 15 is 0 Å². The number of amides is 1. The van der Waals surface area contributed by atoms with Crippen molar-refractivity contribution in [1.29, 1.82) is 0 Å². The Labute approximate surface area is 108 Å². The predicted octanol–water partition coefficient (Wildman–Crippen LogP) is 2.08. The van der Waals surface area contributed by atoms with Crippen LogP contribution in [0, 0.1) is 0 Å². The molecule has 1 aliphatic rings. The van der Waals surface area contributed by atoms with Crippen molar-refractivity contribution in [1.82, 2.24) is 4.90 Å². The molecule has 2 atom stereocenters. The fourth-order valence-electron chi connectivity index (χ4n) is 2.03. The van der Waals surface area contributed by atoms with Crippen molar-refractivity contribution >= 4 is 17.9 Å². The fraction of sp³-hybridized carbons (Fsp3) is 0.917. The Balaban J connectivity index is 2.59. The van der Waals surface area contributed by atoms with E-state index in [1.54, 1.807) is 16.7 Å². The lowest BCUT2D eigenvalue weighted by Gasteiger charge is -2.29. The third kappa shape index (κ3) is 4.39. The van der Waals surface area contributed by atoms with Crippen molar-refractivity contribution in [3.63, 3.8) is 0 Å². The molecule has 4 nitrogen and oxygen atoms in total. The largest absolute Gasteiger partial charge is 0.444 e. The van der Waals surface area contributed by atoms with Crippen molar-refractivity contribution in [2.24, 2.45) is 5.73 Å². The summed E-state index contributed by atoms with van der Waals surface area (Å²) in [6, 6.07) is 0.229. The number of nitrogens with zero attached hydrogens (tertiary/aromatic N) is 1. The van der Waals surface area contributed by atoms with E-state index in [2.05, 4.69) is 6.26 Å². The van der Waals surface area contributed by atoms with Crippen LogP contribution >= 0.6 is 11.8 Å². The van der Waals surface area contributed by atoms with E-state index in [1.807, 2.05) is 20.8 Å². The maximum Gasteiger partial charge on any atom is 0.410 e. The molecule has 0 aromatic carbocycles. The fourth-order valence-corrected chi connectivity index (χ4v) is 2.51. The molecule has 100 valence electrons. The predicted molar refractivity (Wildman–Crippen MR) is 72.3 cm³/mol. The molecule has 17 heavy (non-hydrogen) atoms. The number of carbonyl (C=O) groups is 1. The molecule has 1 rings (SSSR count). The van der Waals surface area contributed by atoms with Crippen LogP contribution in [-0.4, -0.2) is 47.2 Å². The zero-order valence-corrected chi connectivity index (χ0v) is 12.0. The van der Waals surface area contributed by atoms with Gasteiger partial charge in [0.1, 0.15) is 5.60 Å². The van der Waals surface area contributed by atoms with Gasteiger partial charge >= 0.3 is 6.09 Å². The minimum atomic E-state index is -0.437. The van der Waals surface area contributed by atoms with Crippen LogP contribution in [0.3, 0.4) is 0 Å². The molecule has 5 heteroatoms. The average Bonchev–Trinajstić information content (AvgIpc) is 2.54. The molecule has 1 heterocycles. The second kappa shape index (κ2) is 5.96. The second-order valence-corrected chi connectivity index (χ2v) is 6.46. The van der Waals surface area contributed by atoms with Gasteiger partial charge in [-0.15, -0.1) is 0 Å². The van der Waals surface area contributed by atoms with Crippen molar-refractivity contribution in [3.8, 4) is 0 Å². The Bertz CT molecular complexity index is 266. The van der Waals surface area contributed by atoms with Crippen LogP contribution in [0.25, 0.3) is 0 Å². The first-order valence-electron chi connectivity index (χ1n) is 6.09. The lowest BCUT2D eigenvalue weighted by molar-refractivity contribution is 0.0218. The average molecular weight is 260 g/mol. The molecular formula is C12H24N2O2S. The molecule has 0 spiro atoms. The minimum Gasteiger partial charge on any atom is -0.444 e. The number of hydrogen-bond acceptors (Lipinski definition) is 4. The van der Waals surface area contributed by atoms with Crippen molar-refractivity contribution < 1.29 is 9.53 Å². The molecule has 1 amide bonds. The summed E-state index contributed by atoms with van der Waals surface area (Å²) in [5.74, 6) is 1.03. The summed E-state index contributed by atoms with van der Waals surface area (Å²) in [6.07, 6.45) is 3.66. The zero-order chi connectivity index (χ0) is 13.1. The smallest absolute Gasteiger partial charge is 0.410 e. The SMILES string of the molecule is CSCC[C@H]1C(N)CCN1C(=O)OC(C)(C)C. The first-order valence-corrected chi connectivity index (χ1v) is 7.48. The molecule has 2 N–H and O–H groups in total. The number of ether oxygens (including phenoxy) is 1. The summed E-state index contributed by atoms with van der Waals surface area (Å²) in [7, 11) is 0. The monoisotopic (exact) mass is 260 g/mol. The zero-order valence-electron chi connectivity index (χ0n) is 11.2. The minimum absolute atomic E-state index is 0.0923. The highest BCUT2D eigenvalue weighted by atomic mass is 32.2. The van der Waals surface area contributed by atoms with Crippen molar-refractivity contribution in [2.75, 3.05) is 18.6 Å². The van der Waals surface area contributed by atoms with E-state index in [0.29, 0.717) is 0 Å². The molecule has 1 unspecified atom stereocenters. The van der Waals surface area contributed by atoms with E-state index in [4.69, 9.17) is 10.5 Å². The van der Waals surface area contributed by atoms with Gasteiger partial charge < -0.3 is 15.4 Å². The highest BCUT2D eigenvalue weighted by molar-refractivity contribution is 7.98. The van der Waals surface area contributed by atoms with Gasteiger partial charge in [-0.2, -0.15) is 11.8 Å². The molecule has 0 bridgehead atoms. The number of hydrogen-bond donors (Lipinski definition) is 1. The highest BCUT2D eigenvalue weighted by Gasteiger charge is 2.36. The summed E-state index contributed by atoms with van der Waals surface area (Å²) in [6.45, 7) is 6.38. The summed E-state index contributed by atoms with van der Waals surface area (Å²) >= 11 is 1.78. The van der Waals surface area contributed by atoms with Gasteiger partial charge in [0.25, 0.3) is 0 Å². The molecule has 1 fully saturated rings. The number of carbonyl (C=O) groups excluding carboxylic acids is 1. The lowest BCUT2D eigenvalue weighted by Crippen LogP contribution is -2.45. The van der Waals surface area contributed by atoms with Gasteiger partial charge in [-0.3, -0.25) is 0 Å². The first kappa shape index (κ1) is 14.6. The topological polar surface area (TPSA) is 55.6 Å². The molecule has 0 saturated carbocycles. The van der Waals surface area contributed by atoms with E-state index in [9.17, 15) is 4.79 Å². The number of nitrogens with two attached hydrogens (primary N) is 1. The quantitative estimate of drug-likeness (QED) is 0.844. The Hall–Kier alpha value is -0.420. The van der Waals surface area contributed by atoms with Crippen LogP contribution in [0.1, 0.15) is 33.6 Å². The standard InChI is InChI=1S/C12H24N2O2S/c1-12(2,3)16-11(15)14-7-5-9(13)10(14)6-8-17-4/h9-10H,5-8,13H2,1-4H3/t9?,10-/m0/s1. The number of thioether (sulfide) groups is 1. The van der Waals surface area contributed by atoms with Gasteiger partial charge in [-0.05, 0) is 45.6 Å². The Morgan fingerprint density at radius 3 is 2.71 bits per heavy atom. The summed E-state index contributed by atoms with van der Waals surface area (Å²) < 4.78 is 5.40. The van der Waals surface area contributed by atoms with E-state index < -0.39 is 5.60 Å². The van der Waals surface area contributed by atoms with Gasteiger partial charge in [-0.25, -0.2) is 4.79 Å². The molecular weight excluding hydrogens is 236 g/mol. The van der Waals surface area contributed by atoms with Crippen LogP contribution in [0.2, 0.25) is 0 Å². The summed E-state index contributed by atoms with van der Waals surface area (Å²) in [5.41, 5.74) is 5.62. The Morgan fingerprint density at radius 1 is 1.53 bits per heavy atom. The Kier molecular flexibility index (Phi) is 5.13. The third-order valence-corrected chi connectivity index (χ3v) is 3.49. The summed E-state index contributed by atoms with van der Waals surface area (Å²) in [4.78, 5) is 13.8. The second-order valence-electron chi connectivity index (χ2n) is 5.48. The maximum absolute atomic E-state index is 12.0. The van der Waals surface area contributed by atoms with Crippen LogP contribution in [0.15, 0.2) is 0 Å². The van der Waals surface area contributed by atoms with Gasteiger partial charge in [0, 0.05) is 12.6 Å². The third-order valence-electron chi connectivity index (χ3n) is 2.84. The number of rotatable bonds is 3. The van der Waals surface area contributed by atoms with Gasteiger partial charge in [0.15, 0.2) is 0 Å². The molecule has 1 aliphatic heterocycles. The number of likely N-dealkylation sites (tertiary alicyclic amines) is 1. The molecule has 0 radical (unpaired) electrons. The van der Waals surface area contributed by atoms with Gasteiger partial charge in [-0.1, -0.05) is 0 Å². The van der Waals surface area contributed by atoms with Crippen molar-refractivity contribution in [2.45, 2.75) is 51.3 Å². The van der Waals surface area contributed by atoms with E-state index in [1.165, 1.54) is 0 Å². The summed E-state index contributed by atoms with van der Waals surface area (Å²) in [5, 5.41) is 0. The molecule has 0 aliphatic carbocycles. The maximum atomic E-state index is 12.0. The van der Waals surface area contributed by atoms with E-state index in [0.717, 1.165) is 25.1 Å². The van der Waals surface area contributed by atoms with Gasteiger partial charge in [0.05, 0.1) is 6.04 Å². The van der Waals surface area contributed by atoms with E-state index in [-0.39, 0.29) is 18.2 Å². The highest BCUT2D eigenvalue weighted by Crippen LogP contribution is 2.23. The normalized spacial score (nSPS) is 25.1. The van der Waals surface area contributed by atoms with Crippen LogP contribution < -0.4 is 5.73 Å². The Morgan fingerprint density at radius 2 is 2.18 bits per heavy atom.